The maximum atomic E-state index is 13.0. The molecule has 0 aliphatic carbocycles. The standard InChI is InChI=1S/C29H33N5O/c1-5-8-27(33(4)21(2)3)23-10-11-24-19-31-28(18-25(24)17-23)32-29(35)22-12-15-34(16-13-22)20-26-9-6-7-14-30-26/h5-11,14,17-19,22H,1-2,12-13,15-16,20H2,3-4H3,(H,31,32,35)/b27-8-. The van der Waals surface area contributed by atoms with Gasteiger partial charge in [-0.3, -0.25) is 14.7 Å². The van der Waals surface area contributed by atoms with Crippen molar-refractivity contribution >= 4 is 28.2 Å². The van der Waals surface area contributed by atoms with E-state index >= 15 is 0 Å². The Hall–Kier alpha value is -3.77. The first-order chi connectivity index (χ1) is 16.9. The molecule has 2 aromatic heterocycles. The van der Waals surface area contributed by atoms with Crippen molar-refractivity contribution in [3.05, 3.63) is 97.1 Å². The van der Waals surface area contributed by atoms with Crippen LogP contribution in [-0.2, 0) is 11.3 Å². The Morgan fingerprint density at radius 3 is 2.66 bits per heavy atom. The van der Waals surface area contributed by atoms with Gasteiger partial charge in [0.1, 0.15) is 5.82 Å². The van der Waals surface area contributed by atoms with E-state index in [1.54, 1.807) is 6.08 Å². The molecule has 180 valence electrons. The minimum absolute atomic E-state index is 0.00911. The van der Waals surface area contributed by atoms with Gasteiger partial charge in [-0.1, -0.05) is 37.4 Å². The topological polar surface area (TPSA) is 61.4 Å². The molecular weight excluding hydrogens is 434 g/mol. The molecule has 0 unspecified atom stereocenters. The maximum absolute atomic E-state index is 13.0. The van der Waals surface area contributed by atoms with Gasteiger partial charge < -0.3 is 10.2 Å². The molecule has 1 aliphatic heterocycles. The molecule has 4 rings (SSSR count). The molecule has 6 nitrogen and oxygen atoms in total. The molecular formula is C29H33N5O. The molecule has 35 heavy (non-hydrogen) atoms. The van der Waals surface area contributed by atoms with Crippen LogP contribution in [0.15, 0.2) is 85.9 Å². The van der Waals surface area contributed by atoms with E-state index in [1.165, 1.54) is 0 Å². The number of anilines is 1. The SMILES string of the molecule is C=C/C=C(/c1ccc2cnc(NC(=O)C3CCN(Cc4ccccn4)CC3)cc2c1)N(C)C(=C)C. The van der Waals surface area contributed by atoms with E-state index in [2.05, 4.69) is 45.5 Å². The van der Waals surface area contributed by atoms with Crippen LogP contribution in [0.25, 0.3) is 16.5 Å². The van der Waals surface area contributed by atoms with E-state index in [0.29, 0.717) is 5.82 Å². The van der Waals surface area contributed by atoms with Crippen molar-refractivity contribution in [3.8, 4) is 0 Å². The van der Waals surface area contributed by atoms with Gasteiger partial charge in [-0.25, -0.2) is 4.98 Å². The van der Waals surface area contributed by atoms with Gasteiger partial charge in [0.25, 0.3) is 0 Å². The first kappa shape index (κ1) is 24.4. The number of rotatable bonds is 8. The summed E-state index contributed by atoms with van der Waals surface area (Å²) >= 11 is 0. The van der Waals surface area contributed by atoms with Crippen LogP contribution in [0.5, 0.6) is 0 Å². The van der Waals surface area contributed by atoms with Crippen molar-refractivity contribution in [3.63, 3.8) is 0 Å². The first-order valence-corrected chi connectivity index (χ1v) is 12.0. The summed E-state index contributed by atoms with van der Waals surface area (Å²) in [7, 11) is 1.99. The molecule has 3 heterocycles. The Morgan fingerprint density at radius 1 is 1.17 bits per heavy atom. The van der Waals surface area contributed by atoms with Crippen LogP contribution in [0, 0.1) is 5.92 Å². The number of carbonyl (C=O) groups is 1. The van der Waals surface area contributed by atoms with E-state index in [0.717, 1.165) is 65.9 Å². The fraction of sp³-hybridized carbons (Fsp3) is 0.276. The van der Waals surface area contributed by atoms with Gasteiger partial charge in [0.2, 0.25) is 5.91 Å². The van der Waals surface area contributed by atoms with Gasteiger partial charge in [0.05, 0.1) is 5.69 Å². The molecule has 1 aromatic carbocycles. The number of hydrogen-bond donors (Lipinski definition) is 1. The summed E-state index contributed by atoms with van der Waals surface area (Å²) in [6.07, 6.45) is 9.05. The number of hydrogen-bond acceptors (Lipinski definition) is 5. The first-order valence-electron chi connectivity index (χ1n) is 12.0. The summed E-state index contributed by atoms with van der Waals surface area (Å²) in [4.78, 5) is 26.3. The zero-order valence-corrected chi connectivity index (χ0v) is 20.6. The monoisotopic (exact) mass is 467 g/mol. The van der Waals surface area contributed by atoms with E-state index in [-0.39, 0.29) is 11.8 Å². The van der Waals surface area contributed by atoms with Crippen LogP contribution >= 0.6 is 0 Å². The number of allylic oxidation sites excluding steroid dienone is 3. The van der Waals surface area contributed by atoms with Crippen molar-refractivity contribution < 1.29 is 4.79 Å². The van der Waals surface area contributed by atoms with Gasteiger partial charge in [-0.05, 0) is 74.1 Å². The van der Waals surface area contributed by atoms with Crippen molar-refractivity contribution in [2.45, 2.75) is 26.3 Å². The molecule has 0 saturated carbocycles. The molecule has 1 saturated heterocycles. The number of nitrogens with one attached hydrogen (secondary N) is 1. The summed E-state index contributed by atoms with van der Waals surface area (Å²) in [6.45, 7) is 12.5. The average molecular weight is 468 g/mol. The molecule has 0 atom stereocenters. The summed E-state index contributed by atoms with van der Waals surface area (Å²) in [5.41, 5.74) is 4.06. The van der Waals surface area contributed by atoms with Crippen LogP contribution < -0.4 is 5.32 Å². The van der Waals surface area contributed by atoms with E-state index in [9.17, 15) is 4.79 Å². The molecule has 6 heteroatoms. The van der Waals surface area contributed by atoms with Gasteiger partial charge in [0, 0.05) is 48.7 Å². The summed E-state index contributed by atoms with van der Waals surface area (Å²) in [5.74, 6) is 0.614. The van der Waals surface area contributed by atoms with E-state index < -0.39 is 0 Å². The normalized spacial score (nSPS) is 15.1. The highest BCUT2D eigenvalue weighted by Crippen LogP contribution is 2.27. The molecule has 0 spiro atoms. The van der Waals surface area contributed by atoms with E-state index in [1.807, 2.05) is 67.7 Å². The zero-order valence-electron chi connectivity index (χ0n) is 20.6. The minimum Gasteiger partial charge on any atom is -0.349 e. The lowest BCUT2D eigenvalue weighted by molar-refractivity contribution is -0.121. The highest BCUT2D eigenvalue weighted by Gasteiger charge is 2.25. The lowest BCUT2D eigenvalue weighted by atomic mass is 9.95. The van der Waals surface area contributed by atoms with Crippen LogP contribution in [0.1, 0.15) is 31.0 Å². The Balaban J connectivity index is 1.42. The Bertz CT molecular complexity index is 1240. The molecule has 1 amide bonds. The molecule has 1 aliphatic rings. The van der Waals surface area contributed by atoms with E-state index in [4.69, 9.17) is 0 Å². The van der Waals surface area contributed by atoms with Crippen molar-refractivity contribution in [2.75, 3.05) is 25.5 Å². The number of pyridine rings is 2. The van der Waals surface area contributed by atoms with Gasteiger partial charge in [-0.2, -0.15) is 0 Å². The van der Waals surface area contributed by atoms with Crippen molar-refractivity contribution in [1.82, 2.24) is 19.8 Å². The fourth-order valence-corrected chi connectivity index (χ4v) is 4.39. The lowest BCUT2D eigenvalue weighted by Crippen LogP contribution is -2.38. The Labute approximate surface area is 207 Å². The smallest absolute Gasteiger partial charge is 0.228 e. The van der Waals surface area contributed by atoms with Crippen molar-refractivity contribution in [1.29, 1.82) is 0 Å². The number of aromatic nitrogens is 2. The molecule has 0 bridgehead atoms. The van der Waals surface area contributed by atoms with Gasteiger partial charge in [0.15, 0.2) is 0 Å². The van der Waals surface area contributed by atoms with Crippen LogP contribution in [0.4, 0.5) is 5.82 Å². The average Bonchev–Trinajstić information content (AvgIpc) is 2.87. The molecule has 3 aromatic rings. The third-order valence-electron chi connectivity index (χ3n) is 6.55. The maximum Gasteiger partial charge on any atom is 0.228 e. The second kappa shape index (κ2) is 11.1. The number of fused-ring (bicyclic) bond motifs is 1. The summed E-state index contributed by atoms with van der Waals surface area (Å²) in [5, 5.41) is 5.08. The molecule has 0 radical (unpaired) electrons. The van der Waals surface area contributed by atoms with Gasteiger partial charge in [-0.15, -0.1) is 0 Å². The predicted octanol–water partition coefficient (Wildman–Crippen LogP) is 5.47. The zero-order chi connectivity index (χ0) is 24.8. The summed E-state index contributed by atoms with van der Waals surface area (Å²) < 4.78 is 0. The number of piperidine rings is 1. The third-order valence-corrected chi connectivity index (χ3v) is 6.55. The van der Waals surface area contributed by atoms with Crippen molar-refractivity contribution in [2.24, 2.45) is 5.92 Å². The molecule has 1 fully saturated rings. The van der Waals surface area contributed by atoms with Gasteiger partial charge >= 0.3 is 0 Å². The molecule has 1 N–H and O–H groups in total. The van der Waals surface area contributed by atoms with Crippen LogP contribution in [0.3, 0.4) is 0 Å². The minimum atomic E-state index is -0.00911. The van der Waals surface area contributed by atoms with Crippen LogP contribution in [0.2, 0.25) is 0 Å². The lowest BCUT2D eigenvalue weighted by Gasteiger charge is -2.30. The number of benzene rings is 1. The number of nitrogens with zero attached hydrogens (tertiary/aromatic N) is 4. The predicted molar refractivity (Wildman–Crippen MR) is 143 cm³/mol. The Morgan fingerprint density at radius 2 is 1.97 bits per heavy atom. The Kier molecular flexibility index (Phi) is 7.73. The highest BCUT2D eigenvalue weighted by molar-refractivity contribution is 5.94. The summed E-state index contributed by atoms with van der Waals surface area (Å²) in [6, 6.07) is 14.1. The number of likely N-dealkylation sites (tertiary alicyclic amines) is 1. The second-order valence-corrected chi connectivity index (χ2v) is 9.07. The highest BCUT2D eigenvalue weighted by atomic mass is 16.1. The second-order valence-electron chi connectivity index (χ2n) is 9.07. The largest absolute Gasteiger partial charge is 0.349 e. The number of amides is 1. The third kappa shape index (κ3) is 6.03. The quantitative estimate of drug-likeness (QED) is 0.445. The fourth-order valence-electron chi connectivity index (χ4n) is 4.39. The van der Waals surface area contributed by atoms with Crippen LogP contribution in [-0.4, -0.2) is 45.8 Å². The number of carbonyl (C=O) groups excluding carboxylic acids is 1.